The van der Waals surface area contributed by atoms with Crippen LogP contribution >= 0.6 is 0 Å². The van der Waals surface area contributed by atoms with Gasteiger partial charge in [-0.1, -0.05) is 44.2 Å². The van der Waals surface area contributed by atoms with Crippen molar-refractivity contribution in [2.75, 3.05) is 39.5 Å². The van der Waals surface area contributed by atoms with Crippen molar-refractivity contribution < 1.29 is 48.8 Å². The number of imidazole rings is 1. The monoisotopic (exact) mass is 801 g/mol. The van der Waals surface area contributed by atoms with E-state index >= 15 is 0 Å². The fraction of sp³-hybridized carbons (Fsp3) is 0.650. The maximum absolute atomic E-state index is 14.1. The van der Waals surface area contributed by atoms with Gasteiger partial charge in [-0.05, 0) is 57.9 Å². The maximum Gasteiger partial charge on any atom is 0.245 e. The molecule has 8 N–H and O–H groups in total. The molecule has 0 spiro atoms. The van der Waals surface area contributed by atoms with E-state index < -0.39 is 72.2 Å². The molecule has 6 atom stereocenters. The third kappa shape index (κ3) is 16.5. The predicted molar refractivity (Wildman–Crippen MR) is 210 cm³/mol. The summed E-state index contributed by atoms with van der Waals surface area (Å²) in [5, 5.41) is 39.4. The Labute approximate surface area is 335 Å². The molecular formula is C40H63N7O10. The van der Waals surface area contributed by atoms with Crippen LogP contribution in [0.15, 0.2) is 42.9 Å². The molecule has 0 bridgehead atoms. The van der Waals surface area contributed by atoms with Gasteiger partial charge in [0.15, 0.2) is 0 Å². The Hall–Kier alpha value is -4.42. The number of nitrogens with one attached hydrogen (secondary N) is 5. The van der Waals surface area contributed by atoms with E-state index in [1.54, 1.807) is 13.8 Å². The summed E-state index contributed by atoms with van der Waals surface area (Å²) >= 11 is 0. The molecule has 17 heteroatoms. The van der Waals surface area contributed by atoms with Gasteiger partial charge in [-0.3, -0.25) is 24.0 Å². The smallest absolute Gasteiger partial charge is 0.245 e. The van der Waals surface area contributed by atoms with Gasteiger partial charge >= 0.3 is 0 Å². The molecule has 1 aromatic heterocycles. The molecule has 0 unspecified atom stereocenters. The number of H-pyrrole nitrogens is 1. The number of rotatable bonds is 25. The molecule has 1 fully saturated rings. The largest absolute Gasteiger partial charge is 0.394 e. The number of aryl methyl sites for hydroxylation is 1. The van der Waals surface area contributed by atoms with E-state index in [2.05, 4.69) is 43.4 Å². The SMILES string of the molecule is CC(C)C[C@H](NC(=O)[C@@H]1C[C@@H](OCCCCc2ccccc2)CN1C(=O)CCOC(C)(C)CO)C(=O)N[C@@H](Cc1cnc[nH]1)C(=O)N[C@@H](CO)C(=O)NC[C@@H](C)O. The van der Waals surface area contributed by atoms with Gasteiger partial charge in [0.05, 0.1) is 50.4 Å². The lowest BCUT2D eigenvalue weighted by Gasteiger charge is -2.28. The first-order valence-corrected chi connectivity index (χ1v) is 19.8. The minimum atomic E-state index is -1.37. The van der Waals surface area contributed by atoms with Crippen molar-refractivity contribution in [3.05, 3.63) is 54.1 Å². The minimum Gasteiger partial charge on any atom is -0.394 e. The van der Waals surface area contributed by atoms with E-state index in [9.17, 15) is 39.3 Å². The van der Waals surface area contributed by atoms with Crippen LogP contribution in [-0.2, 0) is 46.3 Å². The highest BCUT2D eigenvalue weighted by molar-refractivity contribution is 5.95. The number of benzene rings is 1. The minimum absolute atomic E-state index is 0.0275. The zero-order chi connectivity index (χ0) is 42.0. The molecule has 5 amide bonds. The Bertz CT molecular complexity index is 1540. The number of ether oxygens (including phenoxy) is 2. The Morgan fingerprint density at radius 3 is 2.28 bits per heavy atom. The normalized spacial score (nSPS) is 17.7. The first-order valence-electron chi connectivity index (χ1n) is 19.8. The lowest BCUT2D eigenvalue weighted by molar-refractivity contribution is -0.141. The van der Waals surface area contributed by atoms with E-state index in [1.807, 2.05) is 32.0 Å². The van der Waals surface area contributed by atoms with Crippen LogP contribution in [0, 0.1) is 5.92 Å². The lowest BCUT2D eigenvalue weighted by Crippen LogP contribution is -2.59. The second-order valence-electron chi connectivity index (χ2n) is 15.6. The van der Waals surface area contributed by atoms with Crippen LogP contribution in [-0.4, -0.2) is 141 Å². The summed E-state index contributed by atoms with van der Waals surface area (Å²) in [5.74, 6) is -3.13. The molecule has 1 aliphatic rings. The van der Waals surface area contributed by atoms with Crippen molar-refractivity contribution in [3.8, 4) is 0 Å². The molecule has 1 aromatic carbocycles. The third-order valence-electron chi connectivity index (χ3n) is 9.47. The number of carbonyl (C=O) groups excluding carboxylic acids is 5. The molecule has 0 radical (unpaired) electrons. The number of hydrogen-bond acceptors (Lipinski definition) is 11. The van der Waals surface area contributed by atoms with Crippen LogP contribution in [0.1, 0.15) is 78.0 Å². The number of aromatic nitrogens is 2. The zero-order valence-electron chi connectivity index (χ0n) is 33.9. The molecule has 1 saturated heterocycles. The van der Waals surface area contributed by atoms with Crippen molar-refractivity contribution in [2.24, 2.45) is 5.92 Å². The summed E-state index contributed by atoms with van der Waals surface area (Å²) in [6.07, 6.45) is 4.51. The van der Waals surface area contributed by atoms with Crippen LogP contribution in [0.2, 0.25) is 0 Å². The summed E-state index contributed by atoms with van der Waals surface area (Å²) in [5.41, 5.74) is 0.884. The molecule has 1 aliphatic heterocycles. The molecule has 3 rings (SSSR count). The van der Waals surface area contributed by atoms with Crippen molar-refractivity contribution in [3.63, 3.8) is 0 Å². The van der Waals surface area contributed by atoms with Gasteiger partial charge in [-0.25, -0.2) is 4.98 Å². The second-order valence-corrected chi connectivity index (χ2v) is 15.6. The van der Waals surface area contributed by atoms with Gasteiger partial charge in [0, 0.05) is 44.4 Å². The first kappa shape index (κ1) is 47.0. The third-order valence-corrected chi connectivity index (χ3v) is 9.47. The highest BCUT2D eigenvalue weighted by atomic mass is 16.5. The average Bonchev–Trinajstić information content (AvgIpc) is 3.86. The Kier molecular flexibility index (Phi) is 19.5. The number of aliphatic hydroxyl groups excluding tert-OH is 3. The molecule has 0 saturated carbocycles. The fourth-order valence-electron chi connectivity index (χ4n) is 6.28. The quantitative estimate of drug-likeness (QED) is 0.0628. The predicted octanol–water partition coefficient (Wildman–Crippen LogP) is 0.129. The van der Waals surface area contributed by atoms with E-state index in [-0.39, 0.29) is 63.8 Å². The van der Waals surface area contributed by atoms with Crippen molar-refractivity contribution in [2.45, 2.75) is 122 Å². The van der Waals surface area contributed by atoms with Gasteiger partial charge in [0.25, 0.3) is 0 Å². The lowest BCUT2D eigenvalue weighted by atomic mass is 10.0. The van der Waals surface area contributed by atoms with Gasteiger partial charge in [0.1, 0.15) is 24.2 Å². The van der Waals surface area contributed by atoms with Crippen LogP contribution < -0.4 is 21.3 Å². The number of hydrogen-bond donors (Lipinski definition) is 8. The molecule has 2 heterocycles. The van der Waals surface area contributed by atoms with E-state index in [0.29, 0.717) is 12.3 Å². The number of unbranched alkanes of at least 4 members (excludes halogenated alkanes) is 1. The first-order chi connectivity index (χ1) is 27.1. The Balaban J connectivity index is 1.74. The zero-order valence-corrected chi connectivity index (χ0v) is 33.9. The number of aliphatic hydroxyl groups is 3. The van der Waals surface area contributed by atoms with E-state index in [1.165, 1.54) is 29.9 Å². The van der Waals surface area contributed by atoms with Gasteiger partial charge in [0.2, 0.25) is 29.5 Å². The molecule has 17 nitrogen and oxygen atoms in total. The van der Waals surface area contributed by atoms with Crippen molar-refractivity contribution in [1.29, 1.82) is 0 Å². The molecule has 57 heavy (non-hydrogen) atoms. The van der Waals surface area contributed by atoms with Gasteiger partial charge in [-0.2, -0.15) is 0 Å². The highest BCUT2D eigenvalue weighted by Crippen LogP contribution is 2.23. The summed E-state index contributed by atoms with van der Waals surface area (Å²) < 4.78 is 11.9. The number of likely N-dealkylation sites (tertiary alicyclic amines) is 1. The molecule has 0 aliphatic carbocycles. The van der Waals surface area contributed by atoms with E-state index in [4.69, 9.17) is 9.47 Å². The number of amides is 5. The maximum atomic E-state index is 14.1. The summed E-state index contributed by atoms with van der Waals surface area (Å²) in [6, 6.07) is 5.45. The number of nitrogens with zero attached hydrogens (tertiary/aromatic N) is 2. The fourth-order valence-corrected chi connectivity index (χ4v) is 6.28. The molecular weight excluding hydrogens is 738 g/mol. The highest BCUT2D eigenvalue weighted by Gasteiger charge is 2.41. The van der Waals surface area contributed by atoms with Gasteiger partial charge in [-0.15, -0.1) is 0 Å². The van der Waals surface area contributed by atoms with E-state index in [0.717, 1.165) is 19.3 Å². The van der Waals surface area contributed by atoms with Crippen molar-refractivity contribution in [1.82, 2.24) is 36.1 Å². The number of aromatic amines is 1. The Morgan fingerprint density at radius 2 is 1.65 bits per heavy atom. The van der Waals surface area contributed by atoms with Gasteiger partial charge < -0.3 is 55.9 Å². The molecule has 318 valence electrons. The summed E-state index contributed by atoms with van der Waals surface area (Å²) in [4.78, 5) is 76.1. The topological polar surface area (TPSA) is 245 Å². The standard InChI is InChI=1S/C40H63N7O10/c1-26(2)17-31(37(53)44-32(18-29-21-41-25-43-29)38(54)46-33(23-48)36(52)42-20-27(3)50)45-39(55)34-19-30(56-15-10-9-13-28-11-7-6-8-12-28)22-47(34)35(51)14-16-57-40(4,5)24-49/h6-8,11-12,21,25-27,30-34,48-50H,9-10,13-20,22-24H2,1-5H3,(H,41,43)(H,42,52)(H,44,53)(H,45,55)(H,46,54)/t27-,30-,31+,32+,33+,34+/m1/s1. The number of carbonyl (C=O) groups is 5. The van der Waals surface area contributed by atoms with Crippen molar-refractivity contribution >= 4 is 29.5 Å². The Morgan fingerprint density at radius 1 is 0.947 bits per heavy atom. The summed E-state index contributed by atoms with van der Waals surface area (Å²) in [7, 11) is 0. The van der Waals surface area contributed by atoms with Crippen LogP contribution in [0.25, 0.3) is 0 Å². The van der Waals surface area contributed by atoms with Crippen LogP contribution in [0.5, 0.6) is 0 Å². The second kappa shape index (κ2) is 23.7. The van der Waals surface area contributed by atoms with Crippen LogP contribution in [0.4, 0.5) is 0 Å². The van der Waals surface area contributed by atoms with Crippen LogP contribution in [0.3, 0.4) is 0 Å². The molecule has 2 aromatic rings. The summed E-state index contributed by atoms with van der Waals surface area (Å²) in [6.45, 7) is 8.19. The average molecular weight is 802 g/mol.